The van der Waals surface area contributed by atoms with Gasteiger partial charge >= 0.3 is 0 Å². The first kappa shape index (κ1) is 14.9. The van der Waals surface area contributed by atoms with Crippen molar-refractivity contribution in [1.29, 1.82) is 0 Å². The van der Waals surface area contributed by atoms with Gasteiger partial charge in [-0.2, -0.15) is 0 Å². The van der Waals surface area contributed by atoms with Crippen LogP contribution in [0.15, 0.2) is 42.5 Å². The molecule has 2 aromatic rings. The Bertz CT molecular complexity index is 618. The molecule has 0 radical (unpaired) electrons. The molecule has 2 aromatic carbocycles. The fraction of sp³-hybridized carbons (Fsp3) is 0.235. The van der Waals surface area contributed by atoms with Crippen LogP contribution in [0.5, 0.6) is 5.75 Å². The normalized spacial score (nSPS) is 10.0. The van der Waals surface area contributed by atoms with E-state index in [1.54, 1.807) is 7.11 Å². The Balaban J connectivity index is 1.96. The van der Waals surface area contributed by atoms with Gasteiger partial charge in [0, 0.05) is 5.69 Å². The number of hydrogen-bond acceptors (Lipinski definition) is 3. The number of para-hydroxylation sites is 2. The van der Waals surface area contributed by atoms with Crippen molar-refractivity contribution in [2.45, 2.75) is 13.8 Å². The van der Waals surface area contributed by atoms with Crippen molar-refractivity contribution in [2.24, 2.45) is 0 Å². The molecule has 0 heterocycles. The molecule has 0 spiro atoms. The molecule has 4 nitrogen and oxygen atoms in total. The third-order valence-corrected chi connectivity index (χ3v) is 3.05. The second kappa shape index (κ2) is 6.79. The summed E-state index contributed by atoms with van der Waals surface area (Å²) in [5.41, 5.74) is 3.88. The highest BCUT2D eigenvalue weighted by molar-refractivity contribution is 5.94. The summed E-state index contributed by atoms with van der Waals surface area (Å²) in [6, 6.07) is 13.5. The molecular formula is C17H20N2O2. The maximum atomic E-state index is 12.0. The van der Waals surface area contributed by atoms with Gasteiger partial charge in [-0.05, 0) is 49.2 Å². The third kappa shape index (κ3) is 4.24. The Morgan fingerprint density at radius 2 is 1.76 bits per heavy atom. The number of carbonyl (C=O) groups is 1. The zero-order valence-electron chi connectivity index (χ0n) is 12.6. The molecule has 0 atom stereocenters. The number of benzene rings is 2. The van der Waals surface area contributed by atoms with Crippen molar-refractivity contribution in [3.8, 4) is 5.75 Å². The number of ether oxygens (including phenoxy) is 1. The highest BCUT2D eigenvalue weighted by Gasteiger charge is 2.06. The quantitative estimate of drug-likeness (QED) is 0.885. The van der Waals surface area contributed by atoms with Crippen LogP contribution in [-0.2, 0) is 4.79 Å². The van der Waals surface area contributed by atoms with E-state index in [1.807, 2.05) is 50.2 Å². The Morgan fingerprint density at radius 1 is 1.10 bits per heavy atom. The van der Waals surface area contributed by atoms with E-state index in [0.29, 0.717) is 0 Å². The lowest BCUT2D eigenvalue weighted by atomic mass is 10.1. The molecule has 0 aromatic heterocycles. The maximum absolute atomic E-state index is 12.0. The van der Waals surface area contributed by atoms with Crippen LogP contribution < -0.4 is 15.4 Å². The SMILES string of the molecule is COc1ccccc1NCC(=O)Nc1cc(C)cc(C)c1. The Hall–Kier alpha value is -2.49. The number of rotatable bonds is 5. The van der Waals surface area contributed by atoms with Crippen molar-refractivity contribution >= 4 is 17.3 Å². The first-order valence-corrected chi connectivity index (χ1v) is 6.83. The van der Waals surface area contributed by atoms with Crippen LogP contribution in [-0.4, -0.2) is 19.6 Å². The molecule has 4 heteroatoms. The van der Waals surface area contributed by atoms with Gasteiger partial charge in [0.1, 0.15) is 5.75 Å². The zero-order valence-corrected chi connectivity index (χ0v) is 12.6. The van der Waals surface area contributed by atoms with Crippen LogP contribution in [0.1, 0.15) is 11.1 Å². The number of hydrogen-bond donors (Lipinski definition) is 2. The average molecular weight is 284 g/mol. The summed E-state index contributed by atoms with van der Waals surface area (Å²) in [5, 5.41) is 5.97. The van der Waals surface area contributed by atoms with Crippen LogP contribution in [0.4, 0.5) is 11.4 Å². The molecule has 2 rings (SSSR count). The zero-order chi connectivity index (χ0) is 15.2. The Labute approximate surface area is 125 Å². The summed E-state index contributed by atoms with van der Waals surface area (Å²) in [7, 11) is 1.61. The van der Waals surface area contributed by atoms with E-state index in [4.69, 9.17) is 4.74 Å². The molecule has 0 saturated carbocycles. The van der Waals surface area contributed by atoms with Crippen LogP contribution >= 0.6 is 0 Å². The number of anilines is 2. The molecule has 0 aliphatic carbocycles. The smallest absolute Gasteiger partial charge is 0.243 e. The minimum atomic E-state index is -0.0918. The molecule has 2 N–H and O–H groups in total. The lowest BCUT2D eigenvalue weighted by Gasteiger charge is -2.11. The molecular weight excluding hydrogens is 264 g/mol. The first-order valence-electron chi connectivity index (χ1n) is 6.83. The van der Waals surface area contributed by atoms with Gasteiger partial charge in [-0.3, -0.25) is 4.79 Å². The van der Waals surface area contributed by atoms with E-state index < -0.39 is 0 Å². The van der Waals surface area contributed by atoms with E-state index in [1.165, 1.54) is 0 Å². The van der Waals surface area contributed by atoms with E-state index in [0.717, 1.165) is 28.3 Å². The van der Waals surface area contributed by atoms with E-state index >= 15 is 0 Å². The lowest BCUT2D eigenvalue weighted by molar-refractivity contribution is -0.114. The van der Waals surface area contributed by atoms with Crippen LogP contribution in [0, 0.1) is 13.8 Å². The third-order valence-electron chi connectivity index (χ3n) is 3.05. The largest absolute Gasteiger partial charge is 0.495 e. The molecule has 0 unspecified atom stereocenters. The second-order valence-electron chi connectivity index (χ2n) is 4.98. The van der Waals surface area contributed by atoms with E-state index in [9.17, 15) is 4.79 Å². The minimum Gasteiger partial charge on any atom is -0.495 e. The summed E-state index contributed by atoms with van der Waals surface area (Å²) in [6.07, 6.45) is 0. The van der Waals surface area contributed by atoms with Gasteiger partial charge in [0.2, 0.25) is 5.91 Å². The summed E-state index contributed by atoms with van der Waals surface area (Å²) < 4.78 is 5.23. The van der Waals surface area contributed by atoms with E-state index in [2.05, 4.69) is 16.7 Å². The monoisotopic (exact) mass is 284 g/mol. The minimum absolute atomic E-state index is 0.0918. The summed E-state index contributed by atoms with van der Waals surface area (Å²) >= 11 is 0. The van der Waals surface area contributed by atoms with Crippen LogP contribution in [0.25, 0.3) is 0 Å². The molecule has 0 fully saturated rings. The second-order valence-corrected chi connectivity index (χ2v) is 4.98. The highest BCUT2D eigenvalue weighted by Crippen LogP contribution is 2.22. The lowest BCUT2D eigenvalue weighted by Crippen LogP contribution is -2.22. The van der Waals surface area contributed by atoms with Gasteiger partial charge in [-0.1, -0.05) is 18.2 Å². The Kier molecular flexibility index (Phi) is 4.82. The number of nitrogens with one attached hydrogen (secondary N) is 2. The Morgan fingerprint density at radius 3 is 2.43 bits per heavy atom. The number of aryl methyl sites for hydroxylation is 2. The molecule has 0 aliphatic rings. The van der Waals surface area contributed by atoms with Crippen molar-refractivity contribution in [3.05, 3.63) is 53.6 Å². The predicted molar refractivity (Wildman–Crippen MR) is 86.0 cm³/mol. The summed E-state index contributed by atoms with van der Waals surface area (Å²) in [5.74, 6) is 0.627. The summed E-state index contributed by atoms with van der Waals surface area (Å²) in [6.45, 7) is 4.21. The number of carbonyl (C=O) groups excluding carboxylic acids is 1. The van der Waals surface area contributed by atoms with Gasteiger partial charge in [-0.25, -0.2) is 0 Å². The predicted octanol–water partition coefficient (Wildman–Crippen LogP) is 3.36. The van der Waals surface area contributed by atoms with Crippen molar-refractivity contribution in [2.75, 3.05) is 24.3 Å². The standard InChI is InChI=1S/C17H20N2O2/c1-12-8-13(2)10-14(9-12)19-17(20)11-18-15-6-4-5-7-16(15)21-3/h4-10,18H,11H2,1-3H3,(H,19,20). The van der Waals surface area contributed by atoms with Gasteiger partial charge in [0.05, 0.1) is 19.3 Å². The van der Waals surface area contributed by atoms with Crippen LogP contribution in [0.2, 0.25) is 0 Å². The number of amides is 1. The van der Waals surface area contributed by atoms with E-state index in [-0.39, 0.29) is 12.5 Å². The molecule has 1 amide bonds. The molecule has 0 bridgehead atoms. The van der Waals surface area contributed by atoms with Crippen molar-refractivity contribution in [3.63, 3.8) is 0 Å². The van der Waals surface area contributed by atoms with Gasteiger partial charge in [-0.15, -0.1) is 0 Å². The molecule has 0 saturated heterocycles. The van der Waals surface area contributed by atoms with Gasteiger partial charge in [0.15, 0.2) is 0 Å². The molecule has 21 heavy (non-hydrogen) atoms. The van der Waals surface area contributed by atoms with Crippen molar-refractivity contribution < 1.29 is 9.53 Å². The van der Waals surface area contributed by atoms with Crippen molar-refractivity contribution in [1.82, 2.24) is 0 Å². The fourth-order valence-corrected chi connectivity index (χ4v) is 2.22. The fourth-order valence-electron chi connectivity index (χ4n) is 2.22. The maximum Gasteiger partial charge on any atom is 0.243 e. The number of methoxy groups -OCH3 is 1. The van der Waals surface area contributed by atoms with Gasteiger partial charge in [0.25, 0.3) is 0 Å². The topological polar surface area (TPSA) is 50.4 Å². The van der Waals surface area contributed by atoms with Gasteiger partial charge < -0.3 is 15.4 Å². The average Bonchev–Trinajstić information content (AvgIpc) is 2.44. The highest BCUT2D eigenvalue weighted by atomic mass is 16.5. The molecule has 110 valence electrons. The molecule has 0 aliphatic heterocycles. The first-order chi connectivity index (χ1) is 10.1. The summed E-state index contributed by atoms with van der Waals surface area (Å²) in [4.78, 5) is 12.0. The van der Waals surface area contributed by atoms with Crippen LogP contribution in [0.3, 0.4) is 0 Å².